The number of halogens is 1. The molecular formula is C27H35FO7. The molecule has 0 aliphatic heterocycles. The lowest BCUT2D eigenvalue weighted by Gasteiger charge is -2.63. The van der Waals surface area contributed by atoms with Gasteiger partial charge in [-0.25, -0.2) is 4.39 Å². The maximum Gasteiger partial charge on any atom is 0.303 e. The fraction of sp³-hybridized carbons (Fsp3) is 0.704. The molecule has 0 aromatic rings. The molecule has 0 unspecified atom stereocenters. The van der Waals surface area contributed by atoms with Gasteiger partial charge in [-0.05, 0) is 50.7 Å². The van der Waals surface area contributed by atoms with Crippen LogP contribution in [0, 0.1) is 28.6 Å². The van der Waals surface area contributed by atoms with Gasteiger partial charge in [0.2, 0.25) is 5.78 Å². The van der Waals surface area contributed by atoms with E-state index in [0.29, 0.717) is 24.8 Å². The van der Waals surface area contributed by atoms with Crippen LogP contribution in [0.15, 0.2) is 23.8 Å². The van der Waals surface area contributed by atoms with Gasteiger partial charge in [0.25, 0.3) is 0 Å². The third kappa shape index (κ3) is 3.31. The summed E-state index contributed by atoms with van der Waals surface area (Å²) in [4.78, 5) is 50.3. The van der Waals surface area contributed by atoms with E-state index in [2.05, 4.69) is 0 Å². The van der Waals surface area contributed by atoms with Crippen LogP contribution in [0.2, 0.25) is 0 Å². The summed E-state index contributed by atoms with van der Waals surface area (Å²) in [5.74, 6) is -3.07. The first-order valence-electron chi connectivity index (χ1n) is 12.3. The molecule has 0 aromatic heterocycles. The summed E-state index contributed by atoms with van der Waals surface area (Å²) in [6, 6.07) is 0. The quantitative estimate of drug-likeness (QED) is 0.542. The van der Waals surface area contributed by atoms with Crippen LogP contribution in [0.1, 0.15) is 60.3 Å². The minimum Gasteiger partial charge on any atom is -0.459 e. The molecule has 8 atom stereocenters. The molecule has 0 aromatic carbocycles. The Morgan fingerprint density at radius 1 is 1.14 bits per heavy atom. The van der Waals surface area contributed by atoms with E-state index in [1.807, 2.05) is 13.8 Å². The number of esters is 2. The first-order chi connectivity index (χ1) is 16.3. The summed E-state index contributed by atoms with van der Waals surface area (Å²) in [6.45, 7) is 7.73. The van der Waals surface area contributed by atoms with Crippen molar-refractivity contribution in [3.63, 3.8) is 0 Å². The molecule has 4 rings (SSSR count). The van der Waals surface area contributed by atoms with Crippen LogP contribution >= 0.6 is 0 Å². The molecule has 8 heteroatoms. The third-order valence-corrected chi connectivity index (χ3v) is 9.46. The topological polar surface area (TPSA) is 96.0 Å². The van der Waals surface area contributed by atoms with Gasteiger partial charge in [0.05, 0.1) is 0 Å². The van der Waals surface area contributed by atoms with E-state index in [0.717, 1.165) is 0 Å². The second-order valence-corrected chi connectivity index (χ2v) is 11.2. The Labute approximate surface area is 205 Å². The van der Waals surface area contributed by atoms with Crippen LogP contribution in [-0.2, 0) is 33.4 Å². The fourth-order valence-electron chi connectivity index (χ4n) is 8.16. The lowest BCUT2D eigenvalue weighted by Crippen LogP contribution is -2.70. The number of ketones is 2. The minimum atomic E-state index is -2.00. The molecule has 0 spiro atoms. The van der Waals surface area contributed by atoms with Crippen molar-refractivity contribution in [1.82, 2.24) is 0 Å². The normalized spacial score (nSPS) is 44.0. The van der Waals surface area contributed by atoms with Gasteiger partial charge >= 0.3 is 11.9 Å². The third-order valence-electron chi connectivity index (χ3n) is 9.46. The summed E-state index contributed by atoms with van der Waals surface area (Å²) < 4.78 is 34.6. The Hall–Kier alpha value is -2.35. The maximum atomic E-state index is 17.8. The standard InChI is InChI=1S/C27H35FO7/c1-15-11-21-20-8-7-18-12-19(31)9-10-24(18,4)26(20,28)23(34-16(2)29)13-25(21,5)27(15,35-17(3)30)22(32)14-33-6/h9-10,12,15,20-21,23H,7-8,11,13-14H2,1-6H3/t15-,20+,21+,23+,24+,25+,26+,27+/m1/s1. The molecule has 0 radical (unpaired) electrons. The van der Waals surface area contributed by atoms with Crippen LogP contribution in [-0.4, -0.2) is 54.6 Å². The maximum absolute atomic E-state index is 17.8. The van der Waals surface area contributed by atoms with Crippen molar-refractivity contribution in [1.29, 1.82) is 0 Å². The van der Waals surface area contributed by atoms with Crippen molar-refractivity contribution in [3.05, 3.63) is 23.8 Å². The summed E-state index contributed by atoms with van der Waals surface area (Å²) in [5, 5.41) is 0. The number of Topliss-reactive ketones (excluding diaryl/α,β-unsaturated/α-hetero) is 1. The number of alkyl halides is 1. The lowest BCUT2D eigenvalue weighted by molar-refractivity contribution is -0.235. The van der Waals surface area contributed by atoms with Gasteiger partial charge in [0.15, 0.2) is 17.1 Å². The van der Waals surface area contributed by atoms with Gasteiger partial charge in [-0.15, -0.1) is 0 Å². The zero-order chi connectivity index (χ0) is 26.0. The molecule has 3 fully saturated rings. The number of methoxy groups -OCH3 is 1. The molecule has 0 amide bonds. The molecule has 0 bridgehead atoms. The SMILES string of the molecule is COCC(=O)[C@@]1(OC(C)=O)[C@H](C)C[C@H]2[C@@H]3CCC4=CC(=O)C=C[C@]4(C)[C@@]3(F)[C@@H](OC(C)=O)C[C@@]21C. The molecule has 4 aliphatic rings. The van der Waals surface area contributed by atoms with Crippen LogP contribution in [0.4, 0.5) is 4.39 Å². The molecular weight excluding hydrogens is 455 g/mol. The van der Waals surface area contributed by atoms with Crippen molar-refractivity contribution >= 4 is 23.5 Å². The number of ether oxygens (including phenoxy) is 3. The number of hydrogen-bond acceptors (Lipinski definition) is 7. The molecule has 7 nitrogen and oxygen atoms in total. The van der Waals surface area contributed by atoms with E-state index in [1.165, 1.54) is 33.1 Å². The smallest absolute Gasteiger partial charge is 0.303 e. The van der Waals surface area contributed by atoms with E-state index in [9.17, 15) is 19.2 Å². The van der Waals surface area contributed by atoms with Crippen molar-refractivity contribution in [2.24, 2.45) is 28.6 Å². The average Bonchev–Trinajstić information content (AvgIpc) is 2.97. The van der Waals surface area contributed by atoms with E-state index < -0.39 is 52.0 Å². The number of carbonyl (C=O) groups is 4. The predicted octanol–water partition coefficient (Wildman–Crippen LogP) is 3.69. The first-order valence-corrected chi connectivity index (χ1v) is 12.3. The summed E-state index contributed by atoms with van der Waals surface area (Å²) >= 11 is 0. The van der Waals surface area contributed by atoms with E-state index >= 15 is 4.39 Å². The van der Waals surface area contributed by atoms with Crippen LogP contribution < -0.4 is 0 Å². The van der Waals surface area contributed by atoms with Crippen molar-refractivity contribution in [2.75, 3.05) is 13.7 Å². The summed E-state index contributed by atoms with van der Waals surface area (Å²) in [7, 11) is 1.40. The average molecular weight is 491 g/mol. The van der Waals surface area contributed by atoms with E-state index in [-0.39, 0.29) is 30.5 Å². The zero-order valence-electron chi connectivity index (χ0n) is 21.3. The predicted molar refractivity (Wildman–Crippen MR) is 124 cm³/mol. The van der Waals surface area contributed by atoms with E-state index in [1.54, 1.807) is 13.0 Å². The van der Waals surface area contributed by atoms with Gasteiger partial charge in [0.1, 0.15) is 12.7 Å². The highest BCUT2D eigenvalue weighted by Crippen LogP contribution is 2.71. The second-order valence-electron chi connectivity index (χ2n) is 11.2. The van der Waals surface area contributed by atoms with Crippen LogP contribution in [0.5, 0.6) is 0 Å². The molecule has 0 saturated heterocycles. The highest BCUT2D eigenvalue weighted by molar-refractivity contribution is 6.01. The second kappa shape index (κ2) is 8.36. The largest absolute Gasteiger partial charge is 0.459 e. The number of rotatable bonds is 5. The monoisotopic (exact) mass is 490 g/mol. The molecule has 3 saturated carbocycles. The Morgan fingerprint density at radius 3 is 2.43 bits per heavy atom. The summed E-state index contributed by atoms with van der Waals surface area (Å²) in [5.41, 5.74) is -4.97. The van der Waals surface area contributed by atoms with Crippen LogP contribution in [0.25, 0.3) is 0 Å². The Bertz CT molecular complexity index is 1030. The van der Waals surface area contributed by atoms with Gasteiger partial charge in [-0.2, -0.15) is 0 Å². The van der Waals surface area contributed by atoms with Gasteiger partial charge in [-0.3, -0.25) is 19.2 Å². The first kappa shape index (κ1) is 25.7. The number of allylic oxidation sites excluding steroid dienone is 4. The van der Waals surface area contributed by atoms with Gasteiger partial charge in [-0.1, -0.05) is 25.5 Å². The Kier molecular flexibility index (Phi) is 6.14. The lowest BCUT2D eigenvalue weighted by atomic mass is 9.44. The zero-order valence-corrected chi connectivity index (χ0v) is 21.3. The van der Waals surface area contributed by atoms with Gasteiger partial charge in [0, 0.05) is 43.6 Å². The molecule has 0 N–H and O–H groups in total. The number of hydrogen-bond donors (Lipinski definition) is 0. The Balaban J connectivity index is 1.92. The van der Waals surface area contributed by atoms with Crippen LogP contribution in [0.3, 0.4) is 0 Å². The number of carbonyl (C=O) groups excluding carboxylic acids is 4. The molecule has 192 valence electrons. The van der Waals surface area contributed by atoms with E-state index in [4.69, 9.17) is 14.2 Å². The van der Waals surface area contributed by atoms with Crippen molar-refractivity contribution in [2.45, 2.75) is 77.7 Å². The highest BCUT2D eigenvalue weighted by Gasteiger charge is 2.78. The van der Waals surface area contributed by atoms with Gasteiger partial charge < -0.3 is 14.2 Å². The number of fused-ring (bicyclic) bond motifs is 5. The minimum absolute atomic E-state index is 0.00196. The fourth-order valence-corrected chi connectivity index (χ4v) is 8.16. The molecule has 35 heavy (non-hydrogen) atoms. The van der Waals surface area contributed by atoms with Crippen molar-refractivity contribution in [3.8, 4) is 0 Å². The summed E-state index contributed by atoms with van der Waals surface area (Å²) in [6.07, 6.45) is 4.72. The highest BCUT2D eigenvalue weighted by atomic mass is 19.1. The molecule has 4 aliphatic carbocycles. The molecule has 0 heterocycles. The Morgan fingerprint density at radius 2 is 1.83 bits per heavy atom. The van der Waals surface area contributed by atoms with Crippen molar-refractivity contribution < 1.29 is 37.8 Å².